The zero-order valence-corrected chi connectivity index (χ0v) is 15.6. The summed E-state index contributed by atoms with van der Waals surface area (Å²) in [5.74, 6) is 0.933. The molecular formula is C20H25ClN2O2. The summed E-state index contributed by atoms with van der Waals surface area (Å²) in [4.78, 5) is 14.5. The van der Waals surface area contributed by atoms with Gasteiger partial charge in [0.25, 0.3) is 0 Å². The predicted molar refractivity (Wildman–Crippen MR) is 105 cm³/mol. The fourth-order valence-electron chi connectivity index (χ4n) is 3.26. The van der Waals surface area contributed by atoms with Crippen molar-refractivity contribution in [2.75, 3.05) is 23.8 Å². The van der Waals surface area contributed by atoms with E-state index in [0.29, 0.717) is 13.0 Å². The molecule has 1 aliphatic rings. The summed E-state index contributed by atoms with van der Waals surface area (Å²) in [6.07, 6.45) is 2.25. The standard InChI is InChI=1S/C20H24N2O2.ClH/c1-14-8-9-19(15(2)13-14)24-12-10-20(23)22-11-4-5-16-17(21)6-3-7-18(16)22;/h3,6-9,13H,4-5,10-12,21H2,1-2H3;1H. The molecule has 0 aliphatic carbocycles. The third-order valence-electron chi connectivity index (χ3n) is 4.49. The normalized spacial score (nSPS) is 13.0. The summed E-state index contributed by atoms with van der Waals surface area (Å²) >= 11 is 0. The van der Waals surface area contributed by atoms with Crippen LogP contribution in [0.25, 0.3) is 0 Å². The second kappa shape index (κ2) is 8.26. The first-order valence-electron chi connectivity index (χ1n) is 8.44. The number of nitrogen functional groups attached to an aromatic ring is 1. The number of hydrogen-bond donors (Lipinski definition) is 1. The zero-order chi connectivity index (χ0) is 17.1. The molecule has 1 aliphatic heterocycles. The van der Waals surface area contributed by atoms with E-state index in [1.54, 1.807) is 0 Å². The topological polar surface area (TPSA) is 55.6 Å². The molecule has 0 unspecified atom stereocenters. The van der Waals surface area contributed by atoms with Gasteiger partial charge in [-0.1, -0.05) is 23.8 Å². The van der Waals surface area contributed by atoms with Gasteiger partial charge in [-0.3, -0.25) is 4.79 Å². The van der Waals surface area contributed by atoms with Crippen molar-refractivity contribution < 1.29 is 9.53 Å². The SMILES string of the molecule is Cc1ccc(OCCC(=O)N2CCCc3c(N)cccc32)c(C)c1.Cl. The van der Waals surface area contributed by atoms with Crippen molar-refractivity contribution in [3.63, 3.8) is 0 Å². The Morgan fingerprint density at radius 3 is 2.80 bits per heavy atom. The van der Waals surface area contributed by atoms with Gasteiger partial charge in [-0.15, -0.1) is 12.4 Å². The Morgan fingerprint density at radius 1 is 1.24 bits per heavy atom. The van der Waals surface area contributed by atoms with Gasteiger partial charge in [0.05, 0.1) is 13.0 Å². The van der Waals surface area contributed by atoms with Crippen molar-refractivity contribution in [1.29, 1.82) is 0 Å². The molecule has 25 heavy (non-hydrogen) atoms. The van der Waals surface area contributed by atoms with Gasteiger partial charge in [0.15, 0.2) is 0 Å². The van der Waals surface area contributed by atoms with Gasteiger partial charge in [-0.05, 0) is 56.0 Å². The molecule has 0 saturated carbocycles. The number of halogens is 1. The quantitative estimate of drug-likeness (QED) is 0.836. The highest BCUT2D eigenvalue weighted by Gasteiger charge is 2.23. The number of carbonyl (C=O) groups excluding carboxylic acids is 1. The largest absolute Gasteiger partial charge is 0.493 e. The van der Waals surface area contributed by atoms with Gasteiger partial charge in [0.2, 0.25) is 5.91 Å². The molecule has 0 aromatic heterocycles. The number of aryl methyl sites for hydroxylation is 2. The summed E-state index contributed by atoms with van der Waals surface area (Å²) in [6.45, 7) is 5.21. The first kappa shape index (κ1) is 19.1. The molecule has 5 heteroatoms. The molecule has 2 aromatic rings. The average molecular weight is 361 g/mol. The van der Waals surface area contributed by atoms with Crippen molar-refractivity contribution in [3.8, 4) is 5.75 Å². The summed E-state index contributed by atoms with van der Waals surface area (Å²) in [7, 11) is 0. The molecule has 0 bridgehead atoms. The maximum atomic E-state index is 12.6. The van der Waals surface area contributed by atoms with E-state index in [9.17, 15) is 4.79 Å². The lowest BCUT2D eigenvalue weighted by molar-refractivity contribution is -0.119. The highest BCUT2D eigenvalue weighted by molar-refractivity contribution is 5.95. The van der Waals surface area contributed by atoms with E-state index < -0.39 is 0 Å². The molecule has 2 N–H and O–H groups in total. The third-order valence-corrected chi connectivity index (χ3v) is 4.49. The highest BCUT2D eigenvalue weighted by Crippen LogP contribution is 2.31. The summed E-state index contributed by atoms with van der Waals surface area (Å²) in [6, 6.07) is 11.9. The number of rotatable bonds is 4. The van der Waals surface area contributed by atoms with Crippen molar-refractivity contribution in [2.24, 2.45) is 0 Å². The van der Waals surface area contributed by atoms with E-state index in [1.807, 2.05) is 42.2 Å². The van der Waals surface area contributed by atoms with E-state index >= 15 is 0 Å². The summed E-state index contributed by atoms with van der Waals surface area (Å²) in [5, 5.41) is 0. The fraction of sp³-hybridized carbons (Fsp3) is 0.350. The molecule has 0 radical (unpaired) electrons. The Labute approximate surface area is 155 Å². The van der Waals surface area contributed by atoms with E-state index in [4.69, 9.17) is 10.5 Å². The Balaban J connectivity index is 0.00000225. The highest BCUT2D eigenvalue weighted by atomic mass is 35.5. The molecular weight excluding hydrogens is 336 g/mol. The number of carbonyl (C=O) groups is 1. The molecule has 3 rings (SSSR count). The van der Waals surface area contributed by atoms with Crippen LogP contribution >= 0.6 is 12.4 Å². The van der Waals surface area contributed by atoms with Crippen LogP contribution in [-0.4, -0.2) is 19.1 Å². The lowest BCUT2D eigenvalue weighted by Crippen LogP contribution is -2.36. The molecule has 0 atom stereocenters. The van der Waals surface area contributed by atoms with Crippen LogP contribution in [0.1, 0.15) is 29.5 Å². The molecule has 2 aromatic carbocycles. The monoisotopic (exact) mass is 360 g/mol. The van der Waals surface area contributed by atoms with Gasteiger partial charge in [0, 0.05) is 17.9 Å². The van der Waals surface area contributed by atoms with Crippen molar-refractivity contribution in [1.82, 2.24) is 0 Å². The minimum Gasteiger partial charge on any atom is -0.493 e. The number of amides is 1. The van der Waals surface area contributed by atoms with Gasteiger partial charge in [0.1, 0.15) is 5.75 Å². The van der Waals surface area contributed by atoms with Gasteiger partial charge in [-0.2, -0.15) is 0 Å². The fourth-order valence-corrected chi connectivity index (χ4v) is 3.26. The second-order valence-corrected chi connectivity index (χ2v) is 6.36. The Bertz CT molecular complexity index is 761. The zero-order valence-electron chi connectivity index (χ0n) is 14.7. The smallest absolute Gasteiger partial charge is 0.230 e. The van der Waals surface area contributed by atoms with Crippen LogP contribution in [0, 0.1) is 13.8 Å². The summed E-state index contributed by atoms with van der Waals surface area (Å²) < 4.78 is 5.79. The van der Waals surface area contributed by atoms with Crippen LogP contribution in [0.2, 0.25) is 0 Å². The van der Waals surface area contributed by atoms with Gasteiger partial charge < -0.3 is 15.4 Å². The van der Waals surface area contributed by atoms with Crippen LogP contribution < -0.4 is 15.4 Å². The van der Waals surface area contributed by atoms with Crippen LogP contribution in [-0.2, 0) is 11.2 Å². The Kier molecular flexibility index (Phi) is 6.32. The van der Waals surface area contributed by atoms with E-state index in [0.717, 1.165) is 47.6 Å². The summed E-state index contributed by atoms with van der Waals surface area (Å²) in [5.41, 5.74) is 11.2. The maximum absolute atomic E-state index is 12.6. The molecule has 1 amide bonds. The lowest BCUT2D eigenvalue weighted by Gasteiger charge is -2.30. The minimum atomic E-state index is 0. The first-order chi connectivity index (χ1) is 11.6. The van der Waals surface area contributed by atoms with E-state index in [2.05, 4.69) is 13.0 Å². The van der Waals surface area contributed by atoms with Crippen molar-refractivity contribution in [2.45, 2.75) is 33.1 Å². The molecule has 0 saturated heterocycles. The molecule has 1 heterocycles. The molecule has 0 fully saturated rings. The van der Waals surface area contributed by atoms with E-state index in [1.165, 1.54) is 5.56 Å². The van der Waals surface area contributed by atoms with Crippen LogP contribution in [0.5, 0.6) is 5.75 Å². The number of nitrogens with zero attached hydrogens (tertiary/aromatic N) is 1. The minimum absolute atomic E-state index is 0. The number of ether oxygens (including phenoxy) is 1. The van der Waals surface area contributed by atoms with Gasteiger partial charge >= 0.3 is 0 Å². The molecule has 134 valence electrons. The lowest BCUT2D eigenvalue weighted by atomic mass is 9.99. The number of nitrogens with two attached hydrogens (primary N) is 1. The first-order valence-corrected chi connectivity index (χ1v) is 8.44. The maximum Gasteiger partial charge on any atom is 0.230 e. The van der Waals surface area contributed by atoms with Crippen LogP contribution in [0.4, 0.5) is 11.4 Å². The van der Waals surface area contributed by atoms with Crippen LogP contribution in [0.15, 0.2) is 36.4 Å². The Morgan fingerprint density at radius 2 is 2.04 bits per heavy atom. The van der Waals surface area contributed by atoms with Crippen molar-refractivity contribution in [3.05, 3.63) is 53.1 Å². The average Bonchev–Trinajstić information content (AvgIpc) is 2.56. The Hall–Kier alpha value is -2.20. The molecule has 4 nitrogen and oxygen atoms in total. The number of benzene rings is 2. The van der Waals surface area contributed by atoms with E-state index in [-0.39, 0.29) is 18.3 Å². The molecule has 0 spiro atoms. The second-order valence-electron chi connectivity index (χ2n) is 6.36. The van der Waals surface area contributed by atoms with Crippen molar-refractivity contribution >= 4 is 29.7 Å². The van der Waals surface area contributed by atoms with Crippen LogP contribution in [0.3, 0.4) is 0 Å². The number of fused-ring (bicyclic) bond motifs is 1. The number of hydrogen-bond acceptors (Lipinski definition) is 3. The predicted octanol–water partition coefficient (Wildman–Crippen LogP) is 4.06. The van der Waals surface area contributed by atoms with Gasteiger partial charge in [-0.25, -0.2) is 0 Å². The number of anilines is 2. The third kappa shape index (κ3) is 4.26.